The molecule has 6 aromatic rings. The van der Waals surface area contributed by atoms with E-state index >= 15 is 0 Å². The summed E-state index contributed by atoms with van der Waals surface area (Å²) in [6.45, 7) is 20.8. The number of carbonyl (C=O) groups is 8. The monoisotopic (exact) mass is 1200 g/mol. The number of hydrogen-bond acceptors (Lipinski definition) is 18. The number of ether oxygens (including phenoxy) is 8. The topological polar surface area (TPSA) is 217 Å². The van der Waals surface area contributed by atoms with Gasteiger partial charge < -0.3 is 47.7 Å². The summed E-state index contributed by atoms with van der Waals surface area (Å²) in [5.41, 5.74) is 9.78. The first kappa shape index (κ1) is 66.8. The molecule has 0 aliphatic heterocycles. The Bertz CT molecular complexity index is 3030. The molecule has 0 fully saturated rings. The zero-order chi connectivity index (χ0) is 63.5. The first-order valence-corrected chi connectivity index (χ1v) is 28.5. The van der Waals surface area contributed by atoms with Crippen molar-refractivity contribution >= 4 is 81.9 Å². The van der Waals surface area contributed by atoms with Crippen molar-refractivity contribution in [1.82, 2.24) is 0 Å². The third-order valence-corrected chi connectivity index (χ3v) is 13.1. The van der Waals surface area contributed by atoms with Crippen molar-refractivity contribution in [3.05, 3.63) is 228 Å². The van der Waals surface area contributed by atoms with Gasteiger partial charge in [0.2, 0.25) is 0 Å². The van der Waals surface area contributed by atoms with E-state index in [-0.39, 0.29) is 101 Å². The van der Waals surface area contributed by atoms with Gasteiger partial charge in [0.25, 0.3) is 0 Å². The molecule has 6 rings (SSSR count). The molecule has 88 heavy (non-hydrogen) atoms. The van der Waals surface area contributed by atoms with Crippen LogP contribution in [0.4, 0.5) is 34.1 Å². The van der Waals surface area contributed by atoms with Crippen LogP contribution >= 0.6 is 0 Å². The minimum Gasteiger partial charge on any atom is -0.463 e. The maximum absolute atomic E-state index is 12.8. The Morgan fingerprint density at radius 2 is 0.443 bits per heavy atom. The Balaban J connectivity index is 1.18. The van der Waals surface area contributed by atoms with Gasteiger partial charge in [0.15, 0.2) is 0 Å². The number of hydrogen-bond donors (Lipinski definition) is 0. The summed E-state index contributed by atoms with van der Waals surface area (Å²) in [6, 6.07) is 46.0. The van der Waals surface area contributed by atoms with Crippen LogP contribution in [0.2, 0.25) is 0 Å². The second kappa shape index (κ2) is 34.0. The van der Waals surface area contributed by atoms with Gasteiger partial charge in [-0.3, -0.25) is 19.2 Å². The molecule has 18 nitrogen and oxygen atoms in total. The zero-order valence-electron chi connectivity index (χ0n) is 50.0. The Kier molecular flexibility index (Phi) is 25.8. The fourth-order valence-electron chi connectivity index (χ4n) is 8.57. The van der Waals surface area contributed by atoms with E-state index in [0.29, 0.717) is 35.1 Å². The molecule has 0 heterocycles. The molecule has 0 atom stereocenters. The first-order valence-electron chi connectivity index (χ1n) is 28.5. The van der Waals surface area contributed by atoms with Crippen LogP contribution in [-0.4, -0.2) is 101 Å². The Morgan fingerprint density at radius 3 is 0.614 bits per heavy atom. The molecule has 458 valence electrons. The van der Waals surface area contributed by atoms with Crippen LogP contribution in [0.1, 0.15) is 61.1 Å². The molecule has 18 heteroatoms. The minimum atomic E-state index is -0.630. The van der Waals surface area contributed by atoms with E-state index in [9.17, 15) is 38.4 Å². The van der Waals surface area contributed by atoms with Gasteiger partial charge in [-0.2, -0.15) is 0 Å². The van der Waals surface area contributed by atoms with Crippen molar-refractivity contribution in [1.29, 1.82) is 0 Å². The highest BCUT2D eigenvalue weighted by molar-refractivity contribution is 5.90. The highest BCUT2D eigenvalue weighted by Gasteiger charge is 2.20. The van der Waals surface area contributed by atoms with Crippen molar-refractivity contribution in [2.75, 3.05) is 62.7 Å². The normalized spacial score (nSPS) is 10.5. The summed E-state index contributed by atoms with van der Waals surface area (Å²) in [4.78, 5) is 103. The number of anilines is 6. The van der Waals surface area contributed by atoms with Crippen LogP contribution in [0.5, 0.6) is 0 Å². The summed E-state index contributed by atoms with van der Waals surface area (Å²) in [5.74, 6) is -4.68. The molecule has 0 N–H and O–H groups in total. The summed E-state index contributed by atoms with van der Waals surface area (Å²) in [6.07, 6.45) is 1.23. The van der Waals surface area contributed by atoms with E-state index in [0.717, 1.165) is 45.3 Å². The van der Waals surface area contributed by atoms with Crippen molar-refractivity contribution in [2.45, 2.75) is 66.2 Å². The van der Waals surface area contributed by atoms with Crippen LogP contribution in [0, 0.1) is 0 Å². The molecule has 0 radical (unpaired) electrons. The fourth-order valence-corrected chi connectivity index (χ4v) is 8.57. The quantitative estimate of drug-likeness (QED) is 0.0213. The van der Waals surface area contributed by atoms with Gasteiger partial charge in [0.05, 0.1) is 74.4 Å². The van der Waals surface area contributed by atoms with Crippen molar-refractivity contribution in [3.63, 3.8) is 0 Å². The van der Waals surface area contributed by atoms with E-state index < -0.39 is 47.8 Å². The predicted molar refractivity (Wildman–Crippen MR) is 331 cm³/mol. The van der Waals surface area contributed by atoms with Crippen LogP contribution in [0.3, 0.4) is 0 Å². The Hall–Kier alpha value is -10.4. The molecule has 0 amide bonds. The lowest BCUT2D eigenvalue weighted by Crippen LogP contribution is -2.16. The first-order chi connectivity index (χ1) is 42.4. The SMILES string of the molecule is C=C(COC(=O)Cc1ccc(N(c2ccc(CCc3ccc(N(c4ccc(CC(=O)OCC(=C)C(=O)OCC)cc4)c4ccc(CC(=O)OCC(=C)C(=O)OCC)cc4)cc3)cc2)c2ccc(CC(=O)OCC(=C)C(=O)OCC)cc2)cc1)C(=O)OCC. The van der Waals surface area contributed by atoms with E-state index in [1.54, 1.807) is 27.7 Å². The predicted octanol–water partition coefficient (Wildman–Crippen LogP) is 11.2. The molecular weight excluding hydrogens is 1120 g/mol. The lowest BCUT2D eigenvalue weighted by atomic mass is 10.0. The van der Waals surface area contributed by atoms with Gasteiger partial charge in [-0.25, -0.2) is 19.2 Å². The highest BCUT2D eigenvalue weighted by atomic mass is 16.6. The summed E-state index contributed by atoms with van der Waals surface area (Å²) in [7, 11) is 0. The zero-order valence-corrected chi connectivity index (χ0v) is 50.0. The molecule has 0 unspecified atom stereocenters. The molecule has 0 bridgehead atoms. The van der Waals surface area contributed by atoms with Gasteiger partial charge in [0.1, 0.15) is 26.4 Å². The maximum atomic E-state index is 12.8. The van der Waals surface area contributed by atoms with Crippen molar-refractivity contribution in [3.8, 4) is 0 Å². The molecule has 0 aromatic heterocycles. The maximum Gasteiger partial charge on any atom is 0.336 e. The van der Waals surface area contributed by atoms with Crippen LogP contribution in [0.15, 0.2) is 194 Å². The third kappa shape index (κ3) is 20.7. The van der Waals surface area contributed by atoms with Gasteiger partial charge in [-0.15, -0.1) is 0 Å². The van der Waals surface area contributed by atoms with E-state index in [4.69, 9.17) is 37.9 Å². The molecule has 0 saturated carbocycles. The van der Waals surface area contributed by atoms with E-state index in [1.165, 1.54) is 0 Å². The number of benzene rings is 6. The second-order valence-electron chi connectivity index (χ2n) is 19.8. The highest BCUT2D eigenvalue weighted by Crippen LogP contribution is 2.37. The number of esters is 8. The molecule has 0 aliphatic rings. The largest absolute Gasteiger partial charge is 0.463 e. The number of carbonyl (C=O) groups excluding carboxylic acids is 8. The summed E-state index contributed by atoms with van der Waals surface area (Å²) >= 11 is 0. The fraction of sp³-hybridized carbons (Fsp3) is 0.257. The van der Waals surface area contributed by atoms with Gasteiger partial charge in [-0.1, -0.05) is 99.1 Å². The molecule has 0 spiro atoms. The van der Waals surface area contributed by atoms with Gasteiger partial charge in [0, 0.05) is 34.1 Å². The molecule has 0 aliphatic carbocycles. The average Bonchev–Trinajstić information content (AvgIpc) is 3.67. The molecule has 6 aromatic carbocycles. The Labute approximate surface area is 512 Å². The van der Waals surface area contributed by atoms with E-state index in [1.807, 2.05) is 131 Å². The van der Waals surface area contributed by atoms with Crippen LogP contribution < -0.4 is 9.80 Å². The second-order valence-corrected chi connectivity index (χ2v) is 19.8. The van der Waals surface area contributed by atoms with Crippen LogP contribution in [0.25, 0.3) is 0 Å². The number of nitrogens with zero attached hydrogens (tertiary/aromatic N) is 2. The smallest absolute Gasteiger partial charge is 0.336 e. The lowest BCUT2D eigenvalue weighted by molar-refractivity contribution is -0.145. The number of rotatable bonds is 33. The third-order valence-electron chi connectivity index (χ3n) is 13.1. The van der Waals surface area contributed by atoms with Crippen molar-refractivity contribution in [2.24, 2.45) is 0 Å². The average molecular weight is 1200 g/mol. The minimum absolute atomic E-state index is 0.0350. The van der Waals surface area contributed by atoms with Gasteiger partial charge >= 0.3 is 47.8 Å². The van der Waals surface area contributed by atoms with E-state index in [2.05, 4.69) is 50.6 Å². The van der Waals surface area contributed by atoms with Gasteiger partial charge in [-0.05, 0) is 147 Å². The summed E-state index contributed by atoms with van der Waals surface area (Å²) in [5, 5.41) is 0. The van der Waals surface area contributed by atoms with Crippen LogP contribution in [-0.2, 0) is 115 Å². The van der Waals surface area contributed by atoms with Crippen molar-refractivity contribution < 1.29 is 76.3 Å². The Morgan fingerprint density at radius 1 is 0.273 bits per heavy atom. The molecular formula is C70H72N2O16. The number of aryl methyl sites for hydroxylation is 2. The standard InChI is InChI=1S/C70H72N2O16/c1-9-81-67(77)47(5)43-85-63(73)39-53-19-31-59(32-20-53)71(60-33-21-54(22-34-60)40-64(74)86-44-48(6)68(78)82-10-2)57-27-15-51(16-28-57)13-14-52-17-29-58(30-18-52)72(61-35-23-55(24-36-61)41-65(75)87-45-49(7)69(79)83-11-3)62-37-25-56(26-38-62)42-66(76)88-46-50(8)70(80)84-12-4/h15-38H,5-14,39-46H2,1-4H3. The lowest BCUT2D eigenvalue weighted by Gasteiger charge is -2.26. The molecule has 0 saturated heterocycles. The summed E-state index contributed by atoms with van der Waals surface area (Å²) < 4.78 is 40.9.